The number of hydrogen-bond donors (Lipinski definition) is 2. The Labute approximate surface area is 213 Å². The summed E-state index contributed by atoms with van der Waals surface area (Å²) in [7, 11) is -4.79. The van der Waals surface area contributed by atoms with Crippen LogP contribution in [0.2, 0.25) is 0 Å². The zero-order valence-corrected chi connectivity index (χ0v) is 20.9. The number of carbonyl (C=O) groups excluding carboxylic acids is 1. The van der Waals surface area contributed by atoms with Crippen LogP contribution in [0.3, 0.4) is 0 Å². The van der Waals surface area contributed by atoms with Crippen molar-refractivity contribution < 1.29 is 30.8 Å². The van der Waals surface area contributed by atoms with Gasteiger partial charge >= 0.3 is 0 Å². The Kier molecular flexibility index (Phi) is 7.28. The predicted octanol–water partition coefficient (Wildman–Crippen LogP) is 5.82. The molecule has 7 nitrogen and oxygen atoms in total. The van der Waals surface area contributed by atoms with E-state index in [0.29, 0.717) is 17.7 Å². The van der Waals surface area contributed by atoms with Crippen molar-refractivity contribution in [3.8, 4) is 21.7 Å². The van der Waals surface area contributed by atoms with Crippen LogP contribution in [0.25, 0.3) is 21.7 Å². The summed E-state index contributed by atoms with van der Waals surface area (Å²) in [5, 5.41) is 2.65. The summed E-state index contributed by atoms with van der Waals surface area (Å²) >= 11 is 0.956. The minimum absolute atomic E-state index is 0.0622. The predicted molar refractivity (Wildman–Crippen MR) is 131 cm³/mol. The van der Waals surface area contributed by atoms with Gasteiger partial charge in [-0.3, -0.25) is 14.5 Å². The van der Waals surface area contributed by atoms with Gasteiger partial charge in [-0.15, -0.1) is 0 Å². The Morgan fingerprint density at radius 2 is 1.65 bits per heavy atom. The number of carbonyl (C=O) groups is 1. The molecule has 0 saturated heterocycles. The molecule has 2 N–H and O–H groups in total. The molecule has 0 unspecified atom stereocenters. The number of hydrogen-bond acceptors (Lipinski definition) is 6. The average Bonchev–Trinajstić information content (AvgIpc) is 3.26. The van der Waals surface area contributed by atoms with Crippen molar-refractivity contribution in [2.75, 3.05) is 10.0 Å². The summed E-state index contributed by atoms with van der Waals surface area (Å²) in [4.78, 5) is 19.6. The van der Waals surface area contributed by atoms with Crippen LogP contribution in [0.4, 0.5) is 28.4 Å². The molecule has 2 aromatic heterocycles. The van der Waals surface area contributed by atoms with E-state index in [1.165, 1.54) is 12.4 Å². The first-order chi connectivity index (χ1) is 17.5. The molecule has 2 heterocycles. The maximum Gasteiger partial charge on any atom is 0.265 e. The van der Waals surface area contributed by atoms with Crippen molar-refractivity contribution in [3.05, 3.63) is 78.1 Å². The molecule has 0 saturated carbocycles. The Bertz CT molecular complexity index is 1590. The summed E-state index contributed by atoms with van der Waals surface area (Å²) in [5.74, 6) is -5.47. The molecule has 0 radical (unpaired) electrons. The largest absolute Gasteiger partial charge is 0.302 e. The molecule has 1 amide bonds. The van der Waals surface area contributed by atoms with Crippen molar-refractivity contribution in [2.45, 2.75) is 18.7 Å². The number of pyridine rings is 1. The topological polar surface area (TPSA) is 101 Å². The van der Waals surface area contributed by atoms with Crippen LogP contribution in [0.1, 0.15) is 13.8 Å². The molecular weight excluding hydrogens is 532 g/mol. The number of halogens is 4. The second kappa shape index (κ2) is 10.3. The van der Waals surface area contributed by atoms with Gasteiger partial charge in [0, 0.05) is 18.3 Å². The minimum Gasteiger partial charge on any atom is -0.302 e. The van der Waals surface area contributed by atoms with Crippen molar-refractivity contribution in [2.24, 2.45) is 5.92 Å². The lowest BCUT2D eigenvalue weighted by Crippen LogP contribution is -2.17. The van der Waals surface area contributed by atoms with Gasteiger partial charge in [0.25, 0.3) is 10.0 Å². The number of nitrogens with one attached hydrogen (secondary N) is 2. The zero-order valence-electron chi connectivity index (χ0n) is 19.2. The van der Waals surface area contributed by atoms with Crippen LogP contribution in [-0.4, -0.2) is 24.3 Å². The maximum atomic E-state index is 15.7. The molecule has 0 fully saturated rings. The summed E-state index contributed by atoms with van der Waals surface area (Å²) < 4.78 is 85.6. The van der Waals surface area contributed by atoms with Gasteiger partial charge in [0.15, 0.2) is 10.9 Å². The van der Waals surface area contributed by atoms with E-state index in [2.05, 4.69) is 15.3 Å². The zero-order chi connectivity index (χ0) is 26.9. The van der Waals surface area contributed by atoms with Gasteiger partial charge in [-0.1, -0.05) is 25.2 Å². The highest BCUT2D eigenvalue weighted by Gasteiger charge is 2.27. The van der Waals surface area contributed by atoms with E-state index in [1.807, 2.05) is 4.72 Å². The number of amides is 1. The minimum atomic E-state index is -4.79. The van der Waals surface area contributed by atoms with Gasteiger partial charge in [-0.25, -0.2) is 31.0 Å². The van der Waals surface area contributed by atoms with Crippen LogP contribution in [-0.2, 0) is 14.8 Å². The van der Waals surface area contributed by atoms with Gasteiger partial charge in [0.1, 0.15) is 22.3 Å². The van der Waals surface area contributed by atoms with Crippen molar-refractivity contribution >= 4 is 38.1 Å². The number of nitrogens with zero attached hydrogens (tertiary/aromatic N) is 2. The molecule has 4 aromatic rings. The summed E-state index contributed by atoms with van der Waals surface area (Å²) in [5.41, 5.74) is -1.13. The summed E-state index contributed by atoms with van der Waals surface area (Å²) in [6, 6.07) is 6.53. The second-order valence-electron chi connectivity index (χ2n) is 8.04. The van der Waals surface area contributed by atoms with Crippen LogP contribution >= 0.6 is 11.3 Å². The number of anilines is 2. The first-order valence-corrected chi connectivity index (χ1v) is 13.0. The molecule has 2 aromatic carbocycles. The van der Waals surface area contributed by atoms with E-state index in [9.17, 15) is 22.0 Å². The van der Waals surface area contributed by atoms with E-state index in [0.717, 1.165) is 29.5 Å². The molecule has 0 aliphatic rings. The van der Waals surface area contributed by atoms with E-state index in [1.54, 1.807) is 26.0 Å². The molecule has 37 heavy (non-hydrogen) atoms. The molecule has 0 atom stereocenters. The van der Waals surface area contributed by atoms with Crippen molar-refractivity contribution in [1.82, 2.24) is 9.97 Å². The second-order valence-corrected chi connectivity index (χ2v) is 10.7. The Morgan fingerprint density at radius 1 is 0.973 bits per heavy atom. The third kappa shape index (κ3) is 5.47. The first-order valence-electron chi connectivity index (χ1n) is 10.7. The fourth-order valence-electron chi connectivity index (χ4n) is 3.22. The highest BCUT2D eigenvalue weighted by molar-refractivity contribution is 7.92. The monoisotopic (exact) mass is 550 g/mol. The lowest BCUT2D eigenvalue weighted by atomic mass is 10.1. The highest BCUT2D eigenvalue weighted by atomic mass is 32.2. The van der Waals surface area contributed by atoms with E-state index in [4.69, 9.17) is 0 Å². The fraction of sp³-hybridized carbons (Fsp3) is 0.125. The van der Waals surface area contributed by atoms with Crippen LogP contribution in [0.5, 0.6) is 0 Å². The smallest absolute Gasteiger partial charge is 0.265 e. The molecule has 0 bridgehead atoms. The number of thiazole rings is 1. The normalized spacial score (nSPS) is 11.5. The summed E-state index contributed by atoms with van der Waals surface area (Å²) in [6.07, 6.45) is 2.91. The van der Waals surface area contributed by atoms with E-state index >= 15 is 8.78 Å². The van der Waals surface area contributed by atoms with E-state index in [-0.39, 0.29) is 21.6 Å². The van der Waals surface area contributed by atoms with Crippen LogP contribution in [0.15, 0.2) is 59.8 Å². The summed E-state index contributed by atoms with van der Waals surface area (Å²) in [6.45, 7) is 3.31. The Hall–Kier alpha value is -3.84. The van der Waals surface area contributed by atoms with Crippen molar-refractivity contribution in [1.29, 1.82) is 0 Å². The lowest BCUT2D eigenvalue weighted by molar-refractivity contribution is -0.118. The van der Waals surface area contributed by atoms with Crippen LogP contribution in [0, 0.1) is 29.2 Å². The van der Waals surface area contributed by atoms with E-state index < -0.39 is 55.4 Å². The molecular formula is C24H18F4N4O3S2. The van der Waals surface area contributed by atoms with Crippen molar-refractivity contribution in [3.63, 3.8) is 0 Å². The highest BCUT2D eigenvalue weighted by Crippen LogP contribution is 2.42. The average molecular weight is 551 g/mol. The molecule has 13 heteroatoms. The number of sulfonamides is 1. The maximum absolute atomic E-state index is 15.7. The fourth-order valence-corrected chi connectivity index (χ4v) is 5.35. The molecule has 4 rings (SSSR count). The van der Waals surface area contributed by atoms with Gasteiger partial charge in [0.2, 0.25) is 5.91 Å². The third-order valence-electron chi connectivity index (χ3n) is 5.08. The SMILES string of the molecule is CC(C)C(=O)Nc1nc(-c2c(F)ccc(NS(=O)(=O)c3cc(F)ccc3F)c2F)c(-c2ccncc2)s1. The standard InChI is InChI=1S/C24H18F4N4O3S2/c1-12(2)23(33)31-24-30-21(22(36-24)13-7-9-29-10-8-13)19-16(27)5-6-17(20(19)28)32-37(34,35)18-11-14(25)3-4-15(18)26/h3-12,32H,1-2H3,(H,30,31,33). The lowest BCUT2D eigenvalue weighted by Gasteiger charge is -2.13. The first kappa shape index (κ1) is 26.2. The molecule has 0 spiro atoms. The number of aromatic nitrogens is 2. The molecule has 192 valence electrons. The van der Waals surface area contributed by atoms with Gasteiger partial charge in [-0.2, -0.15) is 0 Å². The Balaban J connectivity index is 1.84. The van der Waals surface area contributed by atoms with Gasteiger partial charge < -0.3 is 5.32 Å². The number of rotatable bonds is 7. The van der Waals surface area contributed by atoms with Gasteiger partial charge in [-0.05, 0) is 48.0 Å². The van der Waals surface area contributed by atoms with Crippen LogP contribution < -0.4 is 10.0 Å². The quantitative estimate of drug-likeness (QED) is 0.282. The number of benzene rings is 2. The molecule has 0 aliphatic carbocycles. The van der Waals surface area contributed by atoms with Gasteiger partial charge in [0.05, 0.1) is 21.8 Å². The molecule has 0 aliphatic heterocycles. The Morgan fingerprint density at radius 3 is 2.32 bits per heavy atom. The third-order valence-corrected chi connectivity index (χ3v) is 7.48.